The minimum absolute atomic E-state index is 0.0499. The van der Waals surface area contributed by atoms with Crippen molar-refractivity contribution in [2.75, 3.05) is 0 Å². The SMILES string of the molecule is CC1OC(Oc2ccc([N+](=O)[O-])cc2C=O)C(C)C(C)C1C. The molecule has 1 aliphatic rings. The van der Waals surface area contributed by atoms with Gasteiger partial charge in [-0.15, -0.1) is 0 Å². The summed E-state index contributed by atoms with van der Waals surface area (Å²) < 4.78 is 11.7. The van der Waals surface area contributed by atoms with Crippen LogP contribution in [0.15, 0.2) is 18.2 Å². The Morgan fingerprint density at radius 1 is 1.18 bits per heavy atom. The average molecular weight is 307 g/mol. The second kappa shape index (κ2) is 6.44. The molecule has 0 aliphatic carbocycles. The van der Waals surface area contributed by atoms with E-state index in [4.69, 9.17) is 9.47 Å². The summed E-state index contributed by atoms with van der Waals surface area (Å²) in [7, 11) is 0. The Morgan fingerprint density at radius 2 is 1.86 bits per heavy atom. The molecule has 0 radical (unpaired) electrons. The van der Waals surface area contributed by atoms with Crippen molar-refractivity contribution in [3.05, 3.63) is 33.9 Å². The summed E-state index contributed by atoms with van der Waals surface area (Å²) in [6.45, 7) is 8.34. The minimum Gasteiger partial charge on any atom is -0.464 e. The molecule has 1 aromatic carbocycles. The lowest BCUT2D eigenvalue weighted by Gasteiger charge is -2.42. The van der Waals surface area contributed by atoms with Crippen molar-refractivity contribution in [2.45, 2.75) is 40.1 Å². The molecule has 1 heterocycles. The van der Waals surface area contributed by atoms with Crippen molar-refractivity contribution < 1.29 is 19.2 Å². The summed E-state index contributed by atoms with van der Waals surface area (Å²) in [5.41, 5.74) is 0.0198. The van der Waals surface area contributed by atoms with Gasteiger partial charge in [0.1, 0.15) is 5.75 Å². The van der Waals surface area contributed by atoms with Crippen molar-refractivity contribution in [1.29, 1.82) is 0 Å². The Kier molecular flexibility index (Phi) is 4.81. The molecule has 2 rings (SSSR count). The first-order chi connectivity index (χ1) is 10.3. The number of nitro groups is 1. The number of carbonyl (C=O) groups excluding carboxylic acids is 1. The van der Waals surface area contributed by atoms with Crippen LogP contribution in [0.5, 0.6) is 5.75 Å². The van der Waals surface area contributed by atoms with E-state index in [0.29, 0.717) is 23.9 Å². The predicted molar refractivity (Wildman–Crippen MR) is 80.9 cm³/mol. The number of hydrogen-bond acceptors (Lipinski definition) is 5. The van der Waals surface area contributed by atoms with Gasteiger partial charge in [-0.05, 0) is 24.8 Å². The molecular formula is C16H21NO5. The number of non-ortho nitro benzene ring substituents is 1. The topological polar surface area (TPSA) is 78.7 Å². The molecule has 22 heavy (non-hydrogen) atoms. The van der Waals surface area contributed by atoms with E-state index in [1.807, 2.05) is 13.8 Å². The zero-order valence-corrected chi connectivity index (χ0v) is 13.2. The normalized spacial score (nSPS) is 31.5. The first-order valence-corrected chi connectivity index (χ1v) is 7.41. The lowest BCUT2D eigenvalue weighted by Crippen LogP contribution is -2.46. The Hall–Kier alpha value is -1.95. The maximum Gasteiger partial charge on any atom is 0.270 e. The smallest absolute Gasteiger partial charge is 0.270 e. The summed E-state index contributed by atoms with van der Waals surface area (Å²) in [4.78, 5) is 21.4. The van der Waals surface area contributed by atoms with E-state index in [1.165, 1.54) is 18.2 Å². The van der Waals surface area contributed by atoms with Crippen LogP contribution >= 0.6 is 0 Å². The Balaban J connectivity index is 2.23. The highest BCUT2D eigenvalue weighted by atomic mass is 16.7. The number of carbonyl (C=O) groups is 1. The fourth-order valence-corrected chi connectivity index (χ4v) is 2.72. The predicted octanol–water partition coefficient (Wildman–Crippen LogP) is 3.44. The molecule has 6 nitrogen and oxygen atoms in total. The van der Waals surface area contributed by atoms with Crippen LogP contribution in [-0.2, 0) is 4.74 Å². The minimum atomic E-state index is -0.539. The van der Waals surface area contributed by atoms with Crippen LogP contribution in [0.2, 0.25) is 0 Å². The Labute approximate surface area is 129 Å². The molecule has 1 aromatic rings. The lowest BCUT2D eigenvalue weighted by molar-refractivity contribution is -0.384. The van der Waals surface area contributed by atoms with Crippen molar-refractivity contribution in [2.24, 2.45) is 17.8 Å². The highest BCUT2D eigenvalue weighted by Crippen LogP contribution is 2.36. The van der Waals surface area contributed by atoms with E-state index < -0.39 is 11.2 Å². The number of nitro benzene ring substituents is 1. The van der Waals surface area contributed by atoms with Crippen molar-refractivity contribution in [3.63, 3.8) is 0 Å². The van der Waals surface area contributed by atoms with Crippen LogP contribution in [0.4, 0.5) is 5.69 Å². The second-order valence-electron chi connectivity index (χ2n) is 6.00. The summed E-state index contributed by atoms with van der Waals surface area (Å²) in [6, 6.07) is 3.99. The molecule has 1 aliphatic heterocycles. The largest absolute Gasteiger partial charge is 0.464 e. The third-order valence-corrected chi connectivity index (χ3v) is 4.75. The van der Waals surface area contributed by atoms with Gasteiger partial charge in [-0.3, -0.25) is 14.9 Å². The van der Waals surface area contributed by atoms with Crippen LogP contribution in [0.3, 0.4) is 0 Å². The highest BCUT2D eigenvalue weighted by molar-refractivity contribution is 5.80. The lowest BCUT2D eigenvalue weighted by atomic mass is 9.79. The van der Waals surface area contributed by atoms with Gasteiger partial charge in [0.2, 0.25) is 6.29 Å². The molecule has 0 N–H and O–H groups in total. The van der Waals surface area contributed by atoms with E-state index in [9.17, 15) is 14.9 Å². The van der Waals surface area contributed by atoms with Gasteiger partial charge in [0.25, 0.3) is 5.69 Å². The van der Waals surface area contributed by atoms with Crippen LogP contribution < -0.4 is 4.74 Å². The molecule has 0 aromatic heterocycles. The molecule has 5 atom stereocenters. The molecular weight excluding hydrogens is 286 g/mol. The average Bonchev–Trinajstić information content (AvgIpc) is 2.50. The van der Waals surface area contributed by atoms with E-state index >= 15 is 0 Å². The first-order valence-electron chi connectivity index (χ1n) is 7.41. The number of benzene rings is 1. The number of rotatable bonds is 4. The second-order valence-corrected chi connectivity index (χ2v) is 6.00. The highest BCUT2D eigenvalue weighted by Gasteiger charge is 2.38. The Morgan fingerprint density at radius 3 is 2.45 bits per heavy atom. The van der Waals surface area contributed by atoms with E-state index in [-0.39, 0.29) is 23.3 Å². The van der Waals surface area contributed by atoms with Gasteiger partial charge >= 0.3 is 0 Å². The summed E-state index contributed by atoms with van der Waals surface area (Å²) in [5, 5.41) is 10.8. The molecule has 6 heteroatoms. The van der Waals surface area contributed by atoms with Crippen molar-refractivity contribution >= 4 is 12.0 Å². The zero-order valence-electron chi connectivity index (χ0n) is 13.2. The fourth-order valence-electron chi connectivity index (χ4n) is 2.72. The van der Waals surface area contributed by atoms with Crippen LogP contribution in [0, 0.1) is 27.9 Å². The number of aldehydes is 1. The van der Waals surface area contributed by atoms with Gasteiger partial charge in [-0.2, -0.15) is 0 Å². The van der Waals surface area contributed by atoms with Crippen LogP contribution in [-0.4, -0.2) is 23.6 Å². The summed E-state index contributed by atoms with van der Waals surface area (Å²) >= 11 is 0. The molecule has 0 amide bonds. The summed E-state index contributed by atoms with van der Waals surface area (Å²) in [6.07, 6.45) is 0.140. The molecule has 1 fully saturated rings. The third-order valence-electron chi connectivity index (χ3n) is 4.75. The van der Waals surface area contributed by atoms with E-state index in [0.717, 1.165) is 0 Å². The third kappa shape index (κ3) is 3.11. The molecule has 1 saturated heterocycles. The summed E-state index contributed by atoms with van der Waals surface area (Å²) in [5.74, 6) is 1.29. The quantitative estimate of drug-likeness (QED) is 0.483. The van der Waals surface area contributed by atoms with Crippen molar-refractivity contribution in [3.8, 4) is 5.75 Å². The monoisotopic (exact) mass is 307 g/mol. The Bertz CT molecular complexity index is 574. The number of nitrogens with zero attached hydrogens (tertiary/aromatic N) is 1. The molecule has 0 spiro atoms. The molecule has 0 saturated carbocycles. The van der Waals surface area contributed by atoms with E-state index in [2.05, 4.69) is 13.8 Å². The van der Waals surface area contributed by atoms with Crippen LogP contribution in [0.25, 0.3) is 0 Å². The maximum absolute atomic E-state index is 11.2. The fraction of sp³-hybridized carbons (Fsp3) is 0.562. The van der Waals surface area contributed by atoms with Crippen molar-refractivity contribution in [1.82, 2.24) is 0 Å². The molecule has 120 valence electrons. The van der Waals surface area contributed by atoms with Gasteiger partial charge < -0.3 is 9.47 Å². The first kappa shape index (κ1) is 16.4. The standard InChI is InChI=1S/C16H21NO5/c1-9-10(2)12(4)21-16(11(9)3)22-15-6-5-14(17(19)20)7-13(15)8-18/h5-12,16H,1-4H3. The van der Waals surface area contributed by atoms with Gasteiger partial charge in [-0.25, -0.2) is 0 Å². The van der Waals surface area contributed by atoms with Gasteiger partial charge in [0.15, 0.2) is 6.29 Å². The van der Waals surface area contributed by atoms with Gasteiger partial charge in [-0.1, -0.05) is 20.8 Å². The zero-order chi connectivity index (χ0) is 16.4. The number of ether oxygens (including phenoxy) is 2. The molecule has 5 unspecified atom stereocenters. The maximum atomic E-state index is 11.2. The van der Waals surface area contributed by atoms with Crippen LogP contribution in [0.1, 0.15) is 38.1 Å². The van der Waals surface area contributed by atoms with Gasteiger partial charge in [0.05, 0.1) is 16.6 Å². The molecule has 0 bridgehead atoms. The van der Waals surface area contributed by atoms with E-state index in [1.54, 1.807) is 0 Å². The number of hydrogen-bond donors (Lipinski definition) is 0. The van der Waals surface area contributed by atoms with Gasteiger partial charge in [0, 0.05) is 18.1 Å².